The van der Waals surface area contributed by atoms with Gasteiger partial charge in [0.1, 0.15) is 0 Å². The summed E-state index contributed by atoms with van der Waals surface area (Å²) in [6, 6.07) is 9.77. The zero-order valence-electron chi connectivity index (χ0n) is 21.8. The maximum absolute atomic E-state index is 13.7. The highest BCUT2D eigenvalue weighted by Gasteiger charge is 2.87. The fourth-order valence-electron chi connectivity index (χ4n) is 6.59. The fourth-order valence-corrected chi connectivity index (χ4v) is 6.59. The molecule has 1 atom stereocenters. The third-order valence-electron chi connectivity index (χ3n) is 8.63. The van der Waals surface area contributed by atoms with Gasteiger partial charge in [0, 0.05) is 58.3 Å². The molecule has 0 aliphatic heterocycles. The Labute approximate surface area is 209 Å². The molecule has 6 nitrogen and oxygen atoms in total. The van der Waals surface area contributed by atoms with Gasteiger partial charge in [0.25, 0.3) is 17.4 Å². The van der Waals surface area contributed by atoms with E-state index in [4.69, 9.17) is 0 Å². The molecule has 3 aromatic rings. The summed E-state index contributed by atoms with van der Waals surface area (Å²) in [5, 5.41) is 3.81. The van der Waals surface area contributed by atoms with Gasteiger partial charge in [-0.15, -0.1) is 0 Å². The minimum Gasteiger partial charge on any atom is -0.348 e. The summed E-state index contributed by atoms with van der Waals surface area (Å²) < 4.78 is 29.6. The molecule has 5 rings (SSSR count). The number of nitrogens with one attached hydrogen (secondary N) is 2. The number of rotatable bonds is 8. The molecule has 0 unspecified atom stereocenters. The van der Waals surface area contributed by atoms with E-state index in [1.165, 1.54) is 0 Å². The first kappa shape index (κ1) is 24.7. The molecule has 2 saturated carbocycles. The summed E-state index contributed by atoms with van der Waals surface area (Å²) in [7, 11) is 1.80. The molecule has 2 aromatic heterocycles. The smallest absolute Gasteiger partial charge is 0.257 e. The standard InChI is InChI=1S/C28H34F2N4O2/c1-16-11-17(2)32-24(35)21(16)12-31-25(36)23-18(3)34(22-10-8-7-9-20(22)23)19(4)27-13-28(27,14-27)33(6)15-26(5,29)30/h7-11,19H,12-15H2,1-6H3,(H,31,36)(H,32,35)/t19-,27?,28?/m1/s1. The van der Waals surface area contributed by atoms with Crippen molar-refractivity contribution in [2.75, 3.05) is 13.6 Å². The summed E-state index contributed by atoms with van der Waals surface area (Å²) in [6.07, 6.45) is 1.77. The molecule has 2 aliphatic rings. The number of aryl methyl sites for hydroxylation is 2. The number of carbonyl (C=O) groups excluding carboxylic acids is 1. The molecular weight excluding hydrogens is 462 g/mol. The Morgan fingerprint density at radius 1 is 1.25 bits per heavy atom. The predicted molar refractivity (Wildman–Crippen MR) is 137 cm³/mol. The molecule has 2 aliphatic carbocycles. The summed E-state index contributed by atoms with van der Waals surface area (Å²) in [5.74, 6) is -2.96. The normalized spacial score (nSPS) is 23.6. The van der Waals surface area contributed by atoms with Gasteiger partial charge in [-0.3, -0.25) is 14.5 Å². The molecule has 0 saturated heterocycles. The Hall–Kier alpha value is -3.00. The van der Waals surface area contributed by atoms with Gasteiger partial charge in [-0.25, -0.2) is 8.78 Å². The van der Waals surface area contributed by atoms with Crippen LogP contribution in [0.1, 0.15) is 65.6 Å². The second-order valence-electron chi connectivity index (χ2n) is 11.1. The van der Waals surface area contributed by atoms with Crippen LogP contribution in [0.4, 0.5) is 8.78 Å². The van der Waals surface area contributed by atoms with Crippen molar-refractivity contribution >= 4 is 16.8 Å². The van der Waals surface area contributed by atoms with Gasteiger partial charge < -0.3 is 14.9 Å². The maximum Gasteiger partial charge on any atom is 0.257 e. The van der Waals surface area contributed by atoms with Crippen LogP contribution in [0.2, 0.25) is 0 Å². The van der Waals surface area contributed by atoms with Crippen LogP contribution in [0.3, 0.4) is 0 Å². The highest BCUT2D eigenvalue weighted by Crippen LogP contribution is 2.85. The Morgan fingerprint density at radius 3 is 2.56 bits per heavy atom. The topological polar surface area (TPSA) is 70.1 Å². The number of nitrogens with zero attached hydrogens (tertiary/aromatic N) is 2. The number of fused-ring (bicyclic) bond motifs is 2. The number of H-pyrrole nitrogens is 1. The number of amides is 1. The van der Waals surface area contributed by atoms with E-state index in [-0.39, 0.29) is 41.6 Å². The molecule has 2 N–H and O–H groups in total. The highest BCUT2D eigenvalue weighted by atomic mass is 19.3. The lowest BCUT2D eigenvalue weighted by atomic mass is 10.1. The molecule has 0 bridgehead atoms. The van der Waals surface area contributed by atoms with Crippen molar-refractivity contribution in [3.63, 3.8) is 0 Å². The van der Waals surface area contributed by atoms with Crippen LogP contribution >= 0.6 is 0 Å². The van der Waals surface area contributed by atoms with Crippen molar-refractivity contribution in [3.05, 3.63) is 68.8 Å². The van der Waals surface area contributed by atoms with E-state index < -0.39 is 5.92 Å². The number of aromatic amines is 1. The number of halogens is 2. The summed E-state index contributed by atoms with van der Waals surface area (Å²) in [6.45, 7) is 8.64. The Bertz CT molecular complexity index is 1430. The lowest BCUT2D eigenvalue weighted by molar-refractivity contribution is -0.0157. The van der Waals surface area contributed by atoms with E-state index in [0.29, 0.717) is 11.1 Å². The van der Waals surface area contributed by atoms with Gasteiger partial charge in [-0.2, -0.15) is 0 Å². The van der Waals surface area contributed by atoms with Crippen LogP contribution in [0.5, 0.6) is 0 Å². The zero-order valence-corrected chi connectivity index (χ0v) is 21.8. The molecule has 2 heterocycles. The molecule has 192 valence electrons. The van der Waals surface area contributed by atoms with Crippen LogP contribution in [0.15, 0.2) is 35.1 Å². The molecule has 0 radical (unpaired) electrons. The number of pyridine rings is 1. The van der Waals surface area contributed by atoms with E-state index in [1.807, 2.05) is 56.0 Å². The molecule has 2 fully saturated rings. The molecule has 8 heteroatoms. The summed E-state index contributed by atoms with van der Waals surface area (Å²) in [4.78, 5) is 30.5. The number of hydrogen-bond acceptors (Lipinski definition) is 3. The maximum atomic E-state index is 13.7. The van der Waals surface area contributed by atoms with Gasteiger partial charge in [-0.05, 0) is 65.3 Å². The molecular formula is C28H34F2N4O2. The first-order chi connectivity index (χ1) is 16.8. The van der Waals surface area contributed by atoms with Crippen LogP contribution in [0, 0.1) is 26.2 Å². The van der Waals surface area contributed by atoms with Crippen molar-refractivity contribution in [2.24, 2.45) is 5.41 Å². The van der Waals surface area contributed by atoms with E-state index >= 15 is 0 Å². The van der Waals surface area contributed by atoms with E-state index in [0.717, 1.165) is 47.6 Å². The third-order valence-corrected chi connectivity index (χ3v) is 8.63. The molecule has 1 amide bonds. The lowest BCUT2D eigenvalue weighted by Crippen LogP contribution is -2.37. The lowest BCUT2D eigenvalue weighted by Gasteiger charge is -2.24. The SMILES string of the molecule is Cc1cc(C)c(CNC(=O)c2c(C)n([C@H](C)C34CC3(N(C)CC(C)(F)F)C4)c3ccccc23)c(=O)[nH]1. The average molecular weight is 497 g/mol. The van der Waals surface area contributed by atoms with Gasteiger partial charge in [0.15, 0.2) is 0 Å². The van der Waals surface area contributed by atoms with Crippen molar-refractivity contribution in [1.29, 1.82) is 0 Å². The minimum absolute atomic E-state index is 0.0547. The van der Waals surface area contributed by atoms with Crippen molar-refractivity contribution in [3.8, 4) is 0 Å². The fraction of sp³-hybridized carbons (Fsp3) is 0.500. The third kappa shape index (κ3) is 3.69. The van der Waals surface area contributed by atoms with Crippen molar-refractivity contribution in [1.82, 2.24) is 19.8 Å². The van der Waals surface area contributed by atoms with Gasteiger partial charge in [-0.1, -0.05) is 18.2 Å². The van der Waals surface area contributed by atoms with Gasteiger partial charge in [0.2, 0.25) is 0 Å². The van der Waals surface area contributed by atoms with Crippen LogP contribution < -0.4 is 10.9 Å². The number of benzene rings is 1. The van der Waals surface area contributed by atoms with E-state index in [9.17, 15) is 18.4 Å². The second-order valence-corrected chi connectivity index (χ2v) is 11.1. The van der Waals surface area contributed by atoms with Crippen molar-refractivity contribution in [2.45, 2.75) is 71.5 Å². The van der Waals surface area contributed by atoms with Crippen LogP contribution in [0.25, 0.3) is 10.9 Å². The number of carbonyl (C=O) groups is 1. The molecule has 1 aromatic carbocycles. The Balaban J connectivity index is 1.44. The number of aromatic nitrogens is 2. The quantitative estimate of drug-likeness (QED) is 0.468. The Kier molecular flexibility index (Phi) is 5.49. The number of para-hydroxylation sites is 1. The van der Waals surface area contributed by atoms with E-state index in [2.05, 4.69) is 21.8 Å². The number of alkyl halides is 2. The molecule has 0 spiro atoms. The average Bonchev–Trinajstić information content (AvgIpc) is 3.58. The predicted octanol–water partition coefficient (Wildman–Crippen LogP) is 4.87. The molecule has 36 heavy (non-hydrogen) atoms. The van der Waals surface area contributed by atoms with Gasteiger partial charge in [0.05, 0.1) is 12.1 Å². The first-order valence-corrected chi connectivity index (χ1v) is 12.5. The van der Waals surface area contributed by atoms with Gasteiger partial charge >= 0.3 is 0 Å². The Morgan fingerprint density at radius 2 is 1.92 bits per heavy atom. The van der Waals surface area contributed by atoms with Crippen LogP contribution in [-0.4, -0.2) is 45.4 Å². The highest BCUT2D eigenvalue weighted by molar-refractivity contribution is 6.08. The zero-order chi connectivity index (χ0) is 26.2. The minimum atomic E-state index is -2.73. The van der Waals surface area contributed by atoms with Crippen molar-refractivity contribution < 1.29 is 13.6 Å². The summed E-state index contributed by atoms with van der Waals surface area (Å²) >= 11 is 0. The van der Waals surface area contributed by atoms with E-state index in [1.54, 1.807) is 7.05 Å². The largest absolute Gasteiger partial charge is 0.348 e. The monoisotopic (exact) mass is 496 g/mol. The first-order valence-electron chi connectivity index (χ1n) is 12.5. The van der Waals surface area contributed by atoms with Crippen LogP contribution in [-0.2, 0) is 6.54 Å². The summed E-state index contributed by atoms with van der Waals surface area (Å²) in [5.41, 5.74) is 4.13. The number of hydrogen-bond donors (Lipinski definition) is 2. The second kappa shape index (κ2) is 8.00.